The second kappa shape index (κ2) is 9.63. The van der Waals surface area contributed by atoms with Crippen LogP contribution in [0.25, 0.3) is 0 Å². The van der Waals surface area contributed by atoms with Crippen molar-refractivity contribution in [2.75, 3.05) is 12.4 Å². The van der Waals surface area contributed by atoms with Gasteiger partial charge in [0.25, 0.3) is 0 Å². The van der Waals surface area contributed by atoms with E-state index >= 15 is 0 Å². The van der Waals surface area contributed by atoms with Crippen molar-refractivity contribution in [3.05, 3.63) is 24.3 Å². The van der Waals surface area contributed by atoms with Gasteiger partial charge in [-0.05, 0) is 63.3 Å². The third-order valence-electron chi connectivity index (χ3n) is 7.92. The summed E-state index contributed by atoms with van der Waals surface area (Å²) in [7, 11) is 1.54. The predicted molar refractivity (Wildman–Crippen MR) is 130 cm³/mol. The van der Waals surface area contributed by atoms with E-state index in [1.54, 1.807) is 66.0 Å². The van der Waals surface area contributed by atoms with Crippen LogP contribution in [0.2, 0.25) is 0 Å². The number of ether oxygens (including phenoxy) is 2. The summed E-state index contributed by atoms with van der Waals surface area (Å²) in [6.45, 7) is 10.4. The van der Waals surface area contributed by atoms with E-state index in [-0.39, 0.29) is 12.3 Å². The van der Waals surface area contributed by atoms with Crippen molar-refractivity contribution < 1.29 is 38.6 Å². The molecular formula is C26H36N2O8. The number of carbonyl (C=O) groups is 4. The molecule has 198 valence electrons. The van der Waals surface area contributed by atoms with Crippen LogP contribution in [-0.2, 0) is 24.0 Å². The third kappa shape index (κ3) is 4.37. The van der Waals surface area contributed by atoms with Crippen molar-refractivity contribution in [2.24, 2.45) is 34.5 Å². The molecule has 10 nitrogen and oxygen atoms in total. The monoisotopic (exact) mass is 504 g/mol. The first kappa shape index (κ1) is 27.3. The number of fused-ring (bicyclic) bond motifs is 1. The highest BCUT2D eigenvalue weighted by Crippen LogP contribution is 2.81. The Labute approximate surface area is 211 Å². The van der Waals surface area contributed by atoms with Gasteiger partial charge in [0.15, 0.2) is 0 Å². The first-order chi connectivity index (χ1) is 16.8. The fourth-order valence-electron chi connectivity index (χ4n) is 6.55. The van der Waals surface area contributed by atoms with Crippen LogP contribution in [0.1, 0.15) is 54.4 Å². The lowest BCUT2D eigenvalue weighted by Crippen LogP contribution is -2.50. The van der Waals surface area contributed by atoms with Crippen molar-refractivity contribution >= 4 is 29.6 Å². The quantitative estimate of drug-likeness (QED) is 0.473. The topological polar surface area (TPSA) is 140 Å². The van der Waals surface area contributed by atoms with Crippen molar-refractivity contribution in [2.45, 2.75) is 60.0 Å². The number of methoxy groups -OCH3 is 1. The molecule has 2 aliphatic rings. The van der Waals surface area contributed by atoms with Gasteiger partial charge in [0.1, 0.15) is 11.4 Å². The molecule has 2 aliphatic carbocycles. The summed E-state index contributed by atoms with van der Waals surface area (Å²) in [5.41, 5.74) is -0.546. The molecule has 2 amide bonds. The lowest BCUT2D eigenvalue weighted by atomic mass is 9.62. The fourth-order valence-corrected chi connectivity index (χ4v) is 6.55. The number of benzene rings is 1. The van der Waals surface area contributed by atoms with Crippen molar-refractivity contribution in [1.82, 2.24) is 5.48 Å². The van der Waals surface area contributed by atoms with E-state index in [1.807, 2.05) is 12.4 Å². The minimum atomic E-state index is -1.30. The van der Waals surface area contributed by atoms with E-state index in [0.717, 1.165) is 0 Å². The van der Waals surface area contributed by atoms with Gasteiger partial charge in [0.2, 0.25) is 5.91 Å². The van der Waals surface area contributed by atoms with Gasteiger partial charge in [-0.3, -0.25) is 9.59 Å². The Morgan fingerprint density at radius 2 is 1.69 bits per heavy atom. The first-order valence-corrected chi connectivity index (χ1v) is 12.2. The Bertz CT molecular complexity index is 1030. The molecule has 0 saturated heterocycles. The number of carboxylic acids is 1. The summed E-state index contributed by atoms with van der Waals surface area (Å²) in [6, 6.07) is 6.80. The van der Waals surface area contributed by atoms with Gasteiger partial charge in [0, 0.05) is 17.0 Å². The molecule has 2 fully saturated rings. The van der Waals surface area contributed by atoms with Gasteiger partial charge in [-0.1, -0.05) is 27.2 Å². The van der Waals surface area contributed by atoms with Crippen LogP contribution in [0.5, 0.6) is 5.75 Å². The Hall–Kier alpha value is -3.30. The maximum atomic E-state index is 13.6. The average molecular weight is 505 g/mol. The Morgan fingerprint density at radius 1 is 1.08 bits per heavy atom. The SMILES string of the molecule is CCC1C(C(=O)Nc2ccc(OC)cc2)C2C(C(=O)O)C2(C)C1(CC)C(=O)ONC(=O)OC(C)(C)C. The summed E-state index contributed by atoms with van der Waals surface area (Å²) in [5, 5.41) is 12.9. The molecule has 1 aromatic rings. The molecule has 0 aromatic heterocycles. The van der Waals surface area contributed by atoms with E-state index in [9.17, 15) is 24.3 Å². The zero-order valence-corrected chi connectivity index (χ0v) is 21.8. The van der Waals surface area contributed by atoms with Gasteiger partial charge >= 0.3 is 18.0 Å². The largest absolute Gasteiger partial charge is 0.497 e. The second-order valence-corrected chi connectivity index (χ2v) is 10.7. The number of nitrogens with one attached hydrogen (secondary N) is 2. The maximum Gasteiger partial charge on any atom is 0.441 e. The van der Waals surface area contributed by atoms with Gasteiger partial charge in [-0.2, -0.15) is 0 Å². The Morgan fingerprint density at radius 3 is 2.17 bits per heavy atom. The number of anilines is 1. The molecule has 36 heavy (non-hydrogen) atoms. The predicted octanol–water partition coefficient (Wildman–Crippen LogP) is 4.01. The summed E-state index contributed by atoms with van der Waals surface area (Å²) in [4.78, 5) is 56.7. The number of amides is 2. The first-order valence-electron chi connectivity index (χ1n) is 12.2. The van der Waals surface area contributed by atoms with E-state index in [1.165, 1.54) is 0 Å². The molecule has 0 heterocycles. The molecule has 0 radical (unpaired) electrons. The maximum absolute atomic E-state index is 13.6. The zero-order chi connectivity index (χ0) is 27.1. The summed E-state index contributed by atoms with van der Waals surface area (Å²) < 4.78 is 10.3. The molecule has 0 bridgehead atoms. The van der Waals surface area contributed by atoms with Crippen LogP contribution in [-0.4, -0.2) is 41.8 Å². The summed E-state index contributed by atoms with van der Waals surface area (Å²) >= 11 is 0. The van der Waals surface area contributed by atoms with Crippen LogP contribution in [0.3, 0.4) is 0 Å². The van der Waals surface area contributed by atoms with Crippen molar-refractivity contribution in [1.29, 1.82) is 0 Å². The van der Waals surface area contributed by atoms with Crippen LogP contribution in [0.15, 0.2) is 24.3 Å². The number of rotatable bonds is 7. The zero-order valence-electron chi connectivity index (χ0n) is 21.8. The summed E-state index contributed by atoms with van der Waals surface area (Å²) in [6.07, 6.45) is -0.257. The summed E-state index contributed by atoms with van der Waals surface area (Å²) in [5.74, 6) is -4.25. The van der Waals surface area contributed by atoms with E-state index in [0.29, 0.717) is 17.9 Å². The van der Waals surface area contributed by atoms with Crippen LogP contribution in [0.4, 0.5) is 10.5 Å². The number of hydrogen-bond acceptors (Lipinski definition) is 7. The van der Waals surface area contributed by atoms with Gasteiger partial charge in [-0.25, -0.2) is 9.59 Å². The second-order valence-electron chi connectivity index (χ2n) is 10.7. The lowest BCUT2D eigenvalue weighted by molar-refractivity contribution is -0.174. The number of hydroxylamine groups is 1. The smallest absolute Gasteiger partial charge is 0.441 e. The van der Waals surface area contributed by atoms with Gasteiger partial charge in [0.05, 0.1) is 18.4 Å². The normalized spacial score (nSPS) is 30.5. The van der Waals surface area contributed by atoms with E-state index in [2.05, 4.69) is 5.32 Å². The minimum absolute atomic E-state index is 0.240. The molecule has 3 N–H and O–H groups in total. The number of carbonyl (C=O) groups excluding carboxylic acids is 3. The van der Waals surface area contributed by atoms with Crippen LogP contribution in [0, 0.1) is 34.5 Å². The Balaban J connectivity index is 1.92. The molecular weight excluding hydrogens is 468 g/mol. The van der Waals surface area contributed by atoms with E-state index < -0.39 is 58.1 Å². The van der Waals surface area contributed by atoms with E-state index in [4.69, 9.17) is 14.3 Å². The molecule has 6 atom stereocenters. The average Bonchev–Trinajstić information content (AvgIpc) is 3.35. The lowest BCUT2D eigenvalue weighted by Gasteiger charge is -2.41. The fraction of sp³-hybridized carbons (Fsp3) is 0.615. The van der Waals surface area contributed by atoms with Crippen LogP contribution < -0.4 is 15.5 Å². The number of carboxylic acid groups (broad SMARTS) is 1. The molecule has 2 saturated carbocycles. The minimum Gasteiger partial charge on any atom is -0.497 e. The van der Waals surface area contributed by atoms with Gasteiger partial charge < -0.3 is 24.7 Å². The Kier molecular flexibility index (Phi) is 7.30. The van der Waals surface area contributed by atoms with Gasteiger partial charge in [-0.15, -0.1) is 5.48 Å². The van der Waals surface area contributed by atoms with Crippen LogP contribution >= 0.6 is 0 Å². The number of hydrogen-bond donors (Lipinski definition) is 3. The molecule has 6 unspecified atom stereocenters. The molecule has 0 aliphatic heterocycles. The molecule has 0 spiro atoms. The molecule has 3 rings (SSSR count). The molecule has 10 heteroatoms. The molecule has 1 aromatic carbocycles. The number of aliphatic carboxylic acids is 1. The van der Waals surface area contributed by atoms with Crippen molar-refractivity contribution in [3.63, 3.8) is 0 Å². The highest BCUT2D eigenvalue weighted by Gasteiger charge is 2.86. The third-order valence-corrected chi connectivity index (χ3v) is 7.92. The standard InChI is InChI=1S/C26H36N2O8/c1-8-16-17(20(29)27-14-10-12-15(34-7)13-11-14)18-19(21(30)31)25(18,6)26(16,9-2)22(32)36-28-23(33)35-24(3,4)5/h10-13,16-19H,8-9H2,1-7H3,(H,27,29)(H,28,33)(H,30,31). The van der Waals surface area contributed by atoms with Crippen molar-refractivity contribution in [3.8, 4) is 5.75 Å². The highest BCUT2D eigenvalue weighted by molar-refractivity contribution is 5.97. The highest BCUT2D eigenvalue weighted by atomic mass is 16.7.